The standard InChI is InChI=1S/C32H31F4N3O/c1-3-19-4-9-23(10-5-19)38-30(40)29-25-13-6-21-16-28-20(18-37-39(28)24-11-7-22(33)8-12-24)17-31(21,2)26(25)14-15-27(29)32(34,35)36/h4-5,7-12,14,16,18,25,27,29H,3,6,13,15,17H2,1-2H3,(H,38,40)/t25-,27+,29+,31-/m0/s1. The molecule has 3 aromatic rings. The summed E-state index contributed by atoms with van der Waals surface area (Å²) in [5.41, 5.74) is 5.79. The molecule has 6 rings (SSSR count). The molecule has 1 aromatic heterocycles. The van der Waals surface area contributed by atoms with Crippen molar-refractivity contribution < 1.29 is 22.4 Å². The number of hydrogen-bond acceptors (Lipinski definition) is 2. The van der Waals surface area contributed by atoms with Gasteiger partial charge in [-0.25, -0.2) is 9.07 Å². The summed E-state index contributed by atoms with van der Waals surface area (Å²) < 4.78 is 58.2. The van der Waals surface area contributed by atoms with Gasteiger partial charge >= 0.3 is 6.18 Å². The molecule has 1 amide bonds. The highest BCUT2D eigenvalue weighted by atomic mass is 19.4. The van der Waals surface area contributed by atoms with E-state index in [1.54, 1.807) is 41.2 Å². The predicted octanol–water partition coefficient (Wildman–Crippen LogP) is 7.69. The van der Waals surface area contributed by atoms with Crippen molar-refractivity contribution >= 4 is 17.7 Å². The third-order valence-electron chi connectivity index (χ3n) is 9.09. The van der Waals surface area contributed by atoms with Crippen LogP contribution in [-0.4, -0.2) is 21.9 Å². The molecule has 0 aliphatic heterocycles. The summed E-state index contributed by atoms with van der Waals surface area (Å²) in [6, 6.07) is 13.4. The van der Waals surface area contributed by atoms with Crippen LogP contribution in [0.25, 0.3) is 11.8 Å². The first-order valence-electron chi connectivity index (χ1n) is 13.8. The van der Waals surface area contributed by atoms with Crippen molar-refractivity contribution in [2.45, 2.75) is 52.1 Å². The van der Waals surface area contributed by atoms with E-state index in [0.29, 0.717) is 24.9 Å². The number of aromatic nitrogens is 2. The molecule has 0 bridgehead atoms. The van der Waals surface area contributed by atoms with Crippen molar-refractivity contribution in [1.29, 1.82) is 0 Å². The molecule has 8 heteroatoms. The zero-order valence-electron chi connectivity index (χ0n) is 22.4. The lowest BCUT2D eigenvalue weighted by Crippen LogP contribution is -2.49. The molecular formula is C32H31F4N3O. The van der Waals surface area contributed by atoms with Gasteiger partial charge in [0, 0.05) is 11.1 Å². The molecule has 4 nitrogen and oxygen atoms in total. The zero-order chi connectivity index (χ0) is 28.2. The number of alkyl halides is 3. The smallest absolute Gasteiger partial charge is 0.326 e. The Bertz CT molecular complexity index is 1500. The van der Waals surface area contributed by atoms with E-state index >= 15 is 0 Å². The fourth-order valence-corrected chi connectivity index (χ4v) is 6.98. The molecule has 4 atom stereocenters. The van der Waals surface area contributed by atoms with E-state index in [9.17, 15) is 22.4 Å². The van der Waals surface area contributed by atoms with Gasteiger partial charge in [0.1, 0.15) is 5.82 Å². The Hall–Kier alpha value is -3.68. The Kier molecular flexibility index (Phi) is 6.47. The van der Waals surface area contributed by atoms with Gasteiger partial charge in [-0.1, -0.05) is 43.2 Å². The molecule has 3 aliphatic rings. The maximum absolute atomic E-state index is 14.3. The van der Waals surface area contributed by atoms with Crippen LogP contribution >= 0.6 is 0 Å². The maximum atomic E-state index is 14.3. The Labute approximate surface area is 230 Å². The molecule has 208 valence electrons. The van der Waals surface area contributed by atoms with Gasteiger partial charge in [0.05, 0.1) is 29.4 Å². The Balaban J connectivity index is 1.33. The van der Waals surface area contributed by atoms with Crippen LogP contribution in [0.4, 0.5) is 23.2 Å². The van der Waals surface area contributed by atoms with Gasteiger partial charge in [-0.15, -0.1) is 0 Å². The number of carbonyl (C=O) groups is 1. The Morgan fingerprint density at radius 1 is 1.12 bits per heavy atom. The van der Waals surface area contributed by atoms with Crippen LogP contribution in [-0.2, 0) is 17.6 Å². The van der Waals surface area contributed by atoms with Gasteiger partial charge in [-0.2, -0.15) is 18.3 Å². The van der Waals surface area contributed by atoms with Gasteiger partial charge in [0.15, 0.2) is 0 Å². The highest BCUT2D eigenvalue weighted by molar-refractivity contribution is 5.93. The fourth-order valence-electron chi connectivity index (χ4n) is 6.98. The van der Waals surface area contributed by atoms with E-state index in [1.165, 1.54) is 12.1 Å². The van der Waals surface area contributed by atoms with Gasteiger partial charge < -0.3 is 5.32 Å². The predicted molar refractivity (Wildman–Crippen MR) is 146 cm³/mol. The second kappa shape index (κ2) is 9.75. The number of anilines is 1. The van der Waals surface area contributed by atoms with Crippen LogP contribution in [0, 0.1) is 29.0 Å². The highest BCUT2D eigenvalue weighted by Gasteiger charge is 2.56. The number of halogens is 4. The third-order valence-corrected chi connectivity index (χ3v) is 9.09. The first-order valence-corrected chi connectivity index (χ1v) is 13.8. The SMILES string of the molecule is CCc1ccc(NC(=O)[C@H]2[C@H](C(F)(F)F)CC=C3[C@@H]2CCC2=Cc4c(cnn4-c4ccc(F)cc4)C[C@@]23C)cc1. The number of nitrogens with one attached hydrogen (secondary N) is 1. The molecule has 1 heterocycles. The molecule has 2 aromatic carbocycles. The number of rotatable bonds is 4. The summed E-state index contributed by atoms with van der Waals surface area (Å²) in [5, 5.41) is 7.36. The molecule has 3 aliphatic carbocycles. The van der Waals surface area contributed by atoms with Crippen molar-refractivity contribution in [2.24, 2.45) is 23.2 Å². The summed E-state index contributed by atoms with van der Waals surface area (Å²) >= 11 is 0. The van der Waals surface area contributed by atoms with Gasteiger partial charge in [-0.05, 0) is 91.6 Å². The molecule has 40 heavy (non-hydrogen) atoms. The molecule has 0 unspecified atom stereocenters. The molecule has 0 spiro atoms. The minimum atomic E-state index is -4.48. The molecular weight excluding hydrogens is 518 g/mol. The highest BCUT2D eigenvalue weighted by Crippen LogP contribution is 2.59. The van der Waals surface area contributed by atoms with E-state index in [-0.39, 0.29) is 12.2 Å². The van der Waals surface area contributed by atoms with Crippen molar-refractivity contribution in [3.8, 4) is 5.69 Å². The monoisotopic (exact) mass is 549 g/mol. The summed E-state index contributed by atoms with van der Waals surface area (Å²) in [5.74, 6) is -4.34. The first-order chi connectivity index (χ1) is 19.1. The van der Waals surface area contributed by atoms with Crippen molar-refractivity contribution in [3.63, 3.8) is 0 Å². The fraction of sp³-hybridized carbons (Fsp3) is 0.375. The second-order valence-corrected chi connectivity index (χ2v) is 11.4. The lowest BCUT2D eigenvalue weighted by Gasteiger charge is -2.50. The molecule has 1 fully saturated rings. The second-order valence-electron chi connectivity index (χ2n) is 11.4. The van der Waals surface area contributed by atoms with Crippen LogP contribution in [0.3, 0.4) is 0 Å². The van der Waals surface area contributed by atoms with Crippen LogP contribution in [0.15, 0.2) is 72.0 Å². The number of nitrogens with zero attached hydrogens (tertiary/aromatic N) is 2. The molecule has 1 saturated carbocycles. The zero-order valence-corrected chi connectivity index (χ0v) is 22.4. The van der Waals surface area contributed by atoms with Crippen molar-refractivity contribution in [3.05, 3.63) is 94.6 Å². The largest absolute Gasteiger partial charge is 0.392 e. The minimum absolute atomic E-state index is 0.216. The average molecular weight is 550 g/mol. The van der Waals surface area contributed by atoms with Crippen molar-refractivity contribution in [2.75, 3.05) is 5.32 Å². The van der Waals surface area contributed by atoms with E-state index in [2.05, 4.69) is 23.4 Å². The number of carbonyl (C=O) groups excluding carboxylic acids is 1. The van der Waals surface area contributed by atoms with Crippen molar-refractivity contribution in [1.82, 2.24) is 9.78 Å². The molecule has 0 radical (unpaired) electrons. The first kappa shape index (κ1) is 26.5. The van der Waals surface area contributed by atoms with Crippen LogP contribution in [0.1, 0.15) is 49.9 Å². The van der Waals surface area contributed by atoms with E-state index < -0.39 is 35.3 Å². The van der Waals surface area contributed by atoms with E-state index in [0.717, 1.165) is 40.1 Å². The molecule has 1 N–H and O–H groups in total. The summed E-state index contributed by atoms with van der Waals surface area (Å²) in [4.78, 5) is 13.6. The minimum Gasteiger partial charge on any atom is -0.326 e. The van der Waals surface area contributed by atoms with Crippen LogP contribution in [0.5, 0.6) is 0 Å². The Morgan fingerprint density at radius 3 is 2.52 bits per heavy atom. The van der Waals surface area contributed by atoms with Crippen LogP contribution in [0.2, 0.25) is 0 Å². The quantitative estimate of drug-likeness (QED) is 0.268. The number of hydrogen-bond donors (Lipinski definition) is 1. The number of amides is 1. The lowest BCUT2D eigenvalue weighted by molar-refractivity contribution is -0.196. The Morgan fingerprint density at radius 2 is 1.85 bits per heavy atom. The topological polar surface area (TPSA) is 46.9 Å². The number of fused-ring (bicyclic) bond motifs is 4. The average Bonchev–Trinajstić information content (AvgIpc) is 3.33. The third kappa shape index (κ3) is 4.47. The number of aryl methyl sites for hydroxylation is 1. The normalized spacial score (nSPS) is 25.7. The van der Waals surface area contributed by atoms with Gasteiger partial charge in [0.25, 0.3) is 0 Å². The maximum Gasteiger partial charge on any atom is 0.392 e. The van der Waals surface area contributed by atoms with E-state index in [1.807, 2.05) is 19.1 Å². The summed E-state index contributed by atoms with van der Waals surface area (Å²) in [6.07, 6.45) is 3.41. The van der Waals surface area contributed by atoms with E-state index in [4.69, 9.17) is 0 Å². The van der Waals surface area contributed by atoms with Crippen LogP contribution < -0.4 is 5.32 Å². The number of allylic oxidation sites excluding steroid dienone is 3. The van der Waals surface area contributed by atoms with Gasteiger partial charge in [0.2, 0.25) is 5.91 Å². The molecule has 0 saturated heterocycles. The van der Waals surface area contributed by atoms with Gasteiger partial charge in [-0.3, -0.25) is 4.79 Å². The summed E-state index contributed by atoms with van der Waals surface area (Å²) in [6.45, 7) is 4.10. The lowest BCUT2D eigenvalue weighted by atomic mass is 9.54. The summed E-state index contributed by atoms with van der Waals surface area (Å²) in [7, 11) is 0. The number of benzene rings is 2.